The SMILES string of the molecule is Cc1nc(N2CCN(C(=O)OC(C)(C)C)CC2)ccc1NS(=O)(=O)c1ccc([C@@H](C)CF)cc1. The summed E-state index contributed by atoms with van der Waals surface area (Å²) in [4.78, 5) is 20.7. The number of benzene rings is 1. The first-order chi connectivity index (χ1) is 15.9. The maximum Gasteiger partial charge on any atom is 0.410 e. The van der Waals surface area contributed by atoms with E-state index in [0.29, 0.717) is 43.4 Å². The molecule has 0 saturated carbocycles. The highest BCUT2D eigenvalue weighted by Crippen LogP contribution is 2.24. The van der Waals surface area contributed by atoms with Gasteiger partial charge in [-0.3, -0.25) is 9.11 Å². The molecule has 1 aliphatic rings. The van der Waals surface area contributed by atoms with Crippen molar-refractivity contribution in [2.45, 2.75) is 51.0 Å². The van der Waals surface area contributed by atoms with Crippen LogP contribution in [0.3, 0.4) is 0 Å². The maximum absolute atomic E-state index is 12.9. The number of hydrogen-bond donors (Lipinski definition) is 1. The molecule has 0 aliphatic carbocycles. The van der Waals surface area contributed by atoms with Crippen LogP contribution >= 0.6 is 0 Å². The fourth-order valence-corrected chi connectivity index (χ4v) is 4.66. The van der Waals surface area contributed by atoms with Gasteiger partial charge in [0.15, 0.2) is 0 Å². The highest BCUT2D eigenvalue weighted by molar-refractivity contribution is 7.92. The minimum Gasteiger partial charge on any atom is -0.444 e. The van der Waals surface area contributed by atoms with Crippen LogP contribution in [0.4, 0.5) is 20.7 Å². The van der Waals surface area contributed by atoms with Crippen LogP contribution in [-0.2, 0) is 14.8 Å². The third-order valence-corrected chi connectivity index (χ3v) is 6.94. The molecule has 1 aromatic heterocycles. The number of anilines is 2. The van der Waals surface area contributed by atoms with Gasteiger partial charge >= 0.3 is 6.09 Å². The zero-order chi connectivity index (χ0) is 25.1. The lowest BCUT2D eigenvalue weighted by molar-refractivity contribution is 0.0240. The summed E-state index contributed by atoms with van der Waals surface area (Å²) in [6, 6.07) is 9.67. The molecule has 1 aliphatic heterocycles. The zero-order valence-electron chi connectivity index (χ0n) is 20.3. The lowest BCUT2D eigenvalue weighted by atomic mass is 10.0. The lowest BCUT2D eigenvalue weighted by Gasteiger charge is -2.36. The number of ether oxygens (including phenoxy) is 1. The smallest absolute Gasteiger partial charge is 0.410 e. The molecular formula is C24H33FN4O4S. The van der Waals surface area contributed by atoms with E-state index in [2.05, 4.69) is 14.6 Å². The van der Waals surface area contributed by atoms with Gasteiger partial charge in [-0.15, -0.1) is 0 Å². The summed E-state index contributed by atoms with van der Waals surface area (Å²) in [6.45, 7) is 10.7. The Hall–Kier alpha value is -2.88. The number of piperazine rings is 1. The summed E-state index contributed by atoms with van der Waals surface area (Å²) in [5.74, 6) is 0.434. The van der Waals surface area contributed by atoms with Crippen molar-refractivity contribution in [2.24, 2.45) is 0 Å². The Kier molecular flexibility index (Phi) is 7.70. The molecule has 8 nitrogen and oxygen atoms in total. The maximum atomic E-state index is 12.9. The summed E-state index contributed by atoms with van der Waals surface area (Å²) >= 11 is 0. The van der Waals surface area contributed by atoms with Crippen LogP contribution in [0.15, 0.2) is 41.3 Å². The summed E-state index contributed by atoms with van der Waals surface area (Å²) in [5.41, 5.74) is 1.14. The number of carbonyl (C=O) groups is 1. The Balaban J connectivity index is 1.65. The number of nitrogens with one attached hydrogen (secondary N) is 1. The van der Waals surface area contributed by atoms with E-state index in [1.807, 2.05) is 20.8 Å². The Labute approximate surface area is 201 Å². The fraction of sp³-hybridized carbons (Fsp3) is 0.500. The highest BCUT2D eigenvalue weighted by Gasteiger charge is 2.26. The molecule has 186 valence electrons. The molecule has 3 rings (SSSR count). The quantitative estimate of drug-likeness (QED) is 0.646. The minimum atomic E-state index is -3.81. The normalized spacial score (nSPS) is 15.7. The van der Waals surface area contributed by atoms with Gasteiger partial charge in [-0.25, -0.2) is 18.2 Å². The van der Waals surface area contributed by atoms with Crippen molar-refractivity contribution in [3.63, 3.8) is 0 Å². The van der Waals surface area contributed by atoms with E-state index in [1.165, 1.54) is 12.1 Å². The molecule has 1 fully saturated rings. The number of nitrogens with zero attached hydrogens (tertiary/aromatic N) is 3. The van der Waals surface area contributed by atoms with E-state index < -0.39 is 22.3 Å². The van der Waals surface area contributed by atoms with E-state index in [4.69, 9.17) is 4.74 Å². The highest BCUT2D eigenvalue weighted by atomic mass is 32.2. The molecule has 0 bridgehead atoms. The van der Waals surface area contributed by atoms with Crippen LogP contribution in [0.25, 0.3) is 0 Å². The number of aryl methyl sites for hydroxylation is 1. The zero-order valence-corrected chi connectivity index (χ0v) is 21.2. The van der Waals surface area contributed by atoms with Crippen molar-refractivity contribution in [2.75, 3.05) is 42.5 Å². The molecule has 1 amide bonds. The molecule has 34 heavy (non-hydrogen) atoms. The van der Waals surface area contributed by atoms with Crippen molar-refractivity contribution in [1.29, 1.82) is 0 Å². The van der Waals surface area contributed by atoms with Gasteiger partial charge in [0.1, 0.15) is 11.4 Å². The van der Waals surface area contributed by atoms with Crippen LogP contribution in [0, 0.1) is 6.92 Å². The van der Waals surface area contributed by atoms with Crippen molar-refractivity contribution in [3.8, 4) is 0 Å². The predicted molar refractivity (Wildman–Crippen MR) is 131 cm³/mol. The number of rotatable bonds is 6. The lowest BCUT2D eigenvalue weighted by Crippen LogP contribution is -2.50. The van der Waals surface area contributed by atoms with Crippen molar-refractivity contribution < 1.29 is 22.3 Å². The van der Waals surface area contributed by atoms with Gasteiger partial charge in [0.25, 0.3) is 10.0 Å². The number of hydrogen-bond acceptors (Lipinski definition) is 6. The molecule has 2 aromatic rings. The van der Waals surface area contributed by atoms with Crippen molar-refractivity contribution >= 4 is 27.6 Å². The number of amides is 1. The van der Waals surface area contributed by atoms with Gasteiger partial charge in [-0.05, 0) is 57.5 Å². The van der Waals surface area contributed by atoms with Crippen LogP contribution in [0.1, 0.15) is 44.9 Å². The number of carbonyl (C=O) groups excluding carboxylic acids is 1. The van der Waals surface area contributed by atoms with E-state index in [0.717, 1.165) is 5.56 Å². The third-order valence-electron chi connectivity index (χ3n) is 5.56. The predicted octanol–water partition coefficient (Wildman–Crippen LogP) is 4.32. The van der Waals surface area contributed by atoms with E-state index in [-0.39, 0.29) is 16.9 Å². The van der Waals surface area contributed by atoms with Gasteiger partial charge in [0.05, 0.1) is 23.0 Å². The van der Waals surface area contributed by atoms with Crippen LogP contribution in [-0.4, -0.2) is 62.8 Å². The van der Waals surface area contributed by atoms with Crippen LogP contribution < -0.4 is 9.62 Å². The molecule has 0 spiro atoms. The molecule has 1 saturated heterocycles. The molecule has 0 unspecified atom stereocenters. The average molecular weight is 493 g/mol. The second-order valence-corrected chi connectivity index (χ2v) is 11.2. The van der Waals surface area contributed by atoms with E-state index >= 15 is 0 Å². The molecule has 2 heterocycles. The molecule has 10 heteroatoms. The summed E-state index contributed by atoms with van der Waals surface area (Å²) in [6.07, 6.45) is -0.326. The van der Waals surface area contributed by atoms with E-state index in [9.17, 15) is 17.6 Å². The summed E-state index contributed by atoms with van der Waals surface area (Å²) < 4.78 is 46.5. The number of sulfonamides is 1. The molecule has 1 atom stereocenters. The Morgan fingerprint density at radius 3 is 2.26 bits per heavy atom. The second-order valence-electron chi connectivity index (χ2n) is 9.49. The first kappa shape index (κ1) is 25.7. The molecule has 0 radical (unpaired) electrons. The molecule has 1 aromatic carbocycles. The Bertz CT molecular complexity index is 1110. The van der Waals surface area contributed by atoms with Crippen LogP contribution in [0.2, 0.25) is 0 Å². The first-order valence-corrected chi connectivity index (χ1v) is 12.8. The fourth-order valence-electron chi connectivity index (χ4n) is 3.54. The van der Waals surface area contributed by atoms with Gasteiger partial charge in [-0.1, -0.05) is 19.1 Å². The van der Waals surface area contributed by atoms with Crippen LogP contribution in [0.5, 0.6) is 0 Å². The summed E-state index contributed by atoms with van der Waals surface area (Å²) in [7, 11) is -3.81. The first-order valence-electron chi connectivity index (χ1n) is 11.3. The third kappa shape index (κ3) is 6.37. The number of aromatic nitrogens is 1. The van der Waals surface area contributed by atoms with Crippen molar-refractivity contribution in [3.05, 3.63) is 47.7 Å². The largest absolute Gasteiger partial charge is 0.444 e. The van der Waals surface area contributed by atoms with Crippen molar-refractivity contribution in [1.82, 2.24) is 9.88 Å². The van der Waals surface area contributed by atoms with Gasteiger partial charge in [0, 0.05) is 32.1 Å². The Morgan fingerprint density at radius 1 is 1.12 bits per heavy atom. The Morgan fingerprint density at radius 2 is 1.74 bits per heavy atom. The molecule has 1 N–H and O–H groups in total. The van der Waals surface area contributed by atoms with Gasteiger partial charge in [0.2, 0.25) is 0 Å². The standard InChI is InChI=1S/C24H33FN4O4S/c1-17(16-25)19-6-8-20(9-7-19)34(31,32)27-21-10-11-22(26-18(21)2)28-12-14-29(15-13-28)23(30)33-24(3,4)5/h6-11,17,27H,12-16H2,1-5H3/t17-/m0/s1. The number of alkyl halides is 1. The topological polar surface area (TPSA) is 91.8 Å². The monoisotopic (exact) mass is 492 g/mol. The van der Waals surface area contributed by atoms with Gasteiger partial charge < -0.3 is 14.5 Å². The average Bonchev–Trinajstić information content (AvgIpc) is 2.79. The number of pyridine rings is 1. The summed E-state index contributed by atoms with van der Waals surface area (Å²) in [5, 5.41) is 0. The van der Waals surface area contributed by atoms with E-state index in [1.54, 1.807) is 43.0 Å². The van der Waals surface area contributed by atoms with Gasteiger partial charge in [-0.2, -0.15) is 0 Å². The number of halogens is 1. The minimum absolute atomic E-state index is 0.101. The molecular weight excluding hydrogens is 459 g/mol. The second kappa shape index (κ2) is 10.2.